The van der Waals surface area contributed by atoms with Crippen molar-refractivity contribution in [2.24, 2.45) is 0 Å². The summed E-state index contributed by atoms with van der Waals surface area (Å²) in [5.74, 6) is -0.239. The van der Waals surface area contributed by atoms with Crippen LogP contribution in [-0.4, -0.2) is 44.6 Å². The number of carboxylic acids is 1. The molecule has 1 aliphatic rings. The maximum atomic E-state index is 12.1. The standard InChI is InChI=1S/C13H18N4O3/c1-9-14-6-4-10(16-9)8-15-13(20)17(11-2-3-11)7-5-12(18)19/h4,6,11H,2-3,5,7-8H2,1H3,(H,15,20)(H,18,19). The van der Waals surface area contributed by atoms with Gasteiger partial charge < -0.3 is 15.3 Å². The van der Waals surface area contributed by atoms with E-state index in [1.807, 2.05) is 0 Å². The quantitative estimate of drug-likeness (QED) is 0.807. The Balaban J connectivity index is 1.86. The molecule has 7 nitrogen and oxygen atoms in total. The average molecular weight is 278 g/mol. The van der Waals surface area contributed by atoms with Crippen molar-refractivity contribution in [3.63, 3.8) is 0 Å². The van der Waals surface area contributed by atoms with Crippen LogP contribution in [0.15, 0.2) is 12.3 Å². The van der Waals surface area contributed by atoms with E-state index in [-0.39, 0.29) is 25.0 Å². The van der Waals surface area contributed by atoms with Crippen LogP contribution >= 0.6 is 0 Å². The Morgan fingerprint density at radius 3 is 2.85 bits per heavy atom. The van der Waals surface area contributed by atoms with E-state index in [2.05, 4.69) is 15.3 Å². The summed E-state index contributed by atoms with van der Waals surface area (Å²) in [6, 6.07) is 1.69. The highest BCUT2D eigenvalue weighted by Gasteiger charge is 2.32. The molecule has 0 aromatic carbocycles. The molecular weight excluding hydrogens is 260 g/mol. The van der Waals surface area contributed by atoms with Gasteiger partial charge in [0.25, 0.3) is 0 Å². The third kappa shape index (κ3) is 4.18. The number of aryl methyl sites for hydroxylation is 1. The lowest BCUT2D eigenvalue weighted by atomic mass is 10.3. The molecule has 1 heterocycles. The minimum Gasteiger partial charge on any atom is -0.481 e. The largest absolute Gasteiger partial charge is 0.481 e. The lowest BCUT2D eigenvalue weighted by Crippen LogP contribution is -2.42. The van der Waals surface area contributed by atoms with E-state index >= 15 is 0 Å². The van der Waals surface area contributed by atoms with Gasteiger partial charge in [-0.25, -0.2) is 14.8 Å². The summed E-state index contributed by atoms with van der Waals surface area (Å²) in [5.41, 5.74) is 0.736. The number of carbonyl (C=O) groups excluding carboxylic acids is 1. The number of aliphatic carboxylic acids is 1. The van der Waals surface area contributed by atoms with Crippen LogP contribution in [-0.2, 0) is 11.3 Å². The van der Waals surface area contributed by atoms with E-state index in [1.54, 1.807) is 24.1 Å². The fourth-order valence-corrected chi connectivity index (χ4v) is 1.92. The molecule has 0 radical (unpaired) electrons. The lowest BCUT2D eigenvalue weighted by Gasteiger charge is -2.22. The highest BCUT2D eigenvalue weighted by molar-refractivity contribution is 5.76. The van der Waals surface area contributed by atoms with Gasteiger partial charge >= 0.3 is 12.0 Å². The van der Waals surface area contributed by atoms with Crippen molar-refractivity contribution < 1.29 is 14.7 Å². The number of hydrogen-bond donors (Lipinski definition) is 2. The summed E-state index contributed by atoms with van der Waals surface area (Å²) in [7, 11) is 0. The molecule has 1 saturated carbocycles. The van der Waals surface area contributed by atoms with Crippen LogP contribution < -0.4 is 5.32 Å². The van der Waals surface area contributed by atoms with E-state index in [9.17, 15) is 9.59 Å². The number of nitrogens with one attached hydrogen (secondary N) is 1. The number of aromatic nitrogens is 2. The van der Waals surface area contributed by atoms with Gasteiger partial charge in [-0.15, -0.1) is 0 Å². The van der Waals surface area contributed by atoms with Crippen LogP contribution in [0.1, 0.15) is 30.8 Å². The average Bonchev–Trinajstić information content (AvgIpc) is 3.21. The van der Waals surface area contributed by atoms with Crippen LogP contribution in [0.25, 0.3) is 0 Å². The third-order valence-electron chi connectivity index (χ3n) is 3.07. The molecule has 1 aromatic rings. The van der Waals surface area contributed by atoms with E-state index in [1.165, 1.54) is 0 Å². The van der Waals surface area contributed by atoms with Crippen molar-refractivity contribution in [1.82, 2.24) is 20.2 Å². The number of carboxylic acid groups (broad SMARTS) is 1. The van der Waals surface area contributed by atoms with Crippen molar-refractivity contribution in [2.75, 3.05) is 6.54 Å². The Morgan fingerprint density at radius 2 is 2.25 bits per heavy atom. The highest BCUT2D eigenvalue weighted by atomic mass is 16.4. The second-order valence-corrected chi connectivity index (χ2v) is 4.82. The summed E-state index contributed by atoms with van der Waals surface area (Å²) in [5, 5.41) is 11.5. The minimum absolute atomic E-state index is 0.0312. The molecule has 0 spiro atoms. The molecule has 20 heavy (non-hydrogen) atoms. The fraction of sp³-hybridized carbons (Fsp3) is 0.538. The highest BCUT2D eigenvalue weighted by Crippen LogP contribution is 2.26. The molecular formula is C13H18N4O3. The number of hydrogen-bond acceptors (Lipinski definition) is 4. The minimum atomic E-state index is -0.894. The zero-order valence-corrected chi connectivity index (χ0v) is 11.4. The zero-order chi connectivity index (χ0) is 14.5. The van der Waals surface area contributed by atoms with Gasteiger partial charge in [0, 0.05) is 18.8 Å². The molecule has 0 bridgehead atoms. The first kappa shape index (κ1) is 14.2. The molecule has 1 aromatic heterocycles. The van der Waals surface area contributed by atoms with Gasteiger partial charge in [-0.1, -0.05) is 0 Å². The zero-order valence-electron chi connectivity index (χ0n) is 11.4. The molecule has 108 valence electrons. The fourth-order valence-electron chi connectivity index (χ4n) is 1.92. The number of amides is 2. The maximum Gasteiger partial charge on any atom is 0.317 e. The summed E-state index contributed by atoms with van der Waals surface area (Å²) < 4.78 is 0. The first-order valence-corrected chi connectivity index (χ1v) is 6.61. The Hall–Kier alpha value is -2.18. The van der Waals surface area contributed by atoms with E-state index in [0.717, 1.165) is 18.5 Å². The molecule has 0 saturated heterocycles. The summed E-state index contributed by atoms with van der Waals surface area (Å²) in [4.78, 5) is 32.5. The monoisotopic (exact) mass is 278 g/mol. The second kappa shape index (κ2) is 6.31. The van der Waals surface area contributed by atoms with Crippen molar-refractivity contribution in [3.8, 4) is 0 Å². The van der Waals surface area contributed by atoms with Gasteiger partial charge in [-0.2, -0.15) is 0 Å². The van der Waals surface area contributed by atoms with Crippen molar-refractivity contribution >= 4 is 12.0 Å². The summed E-state index contributed by atoms with van der Waals surface area (Å²) >= 11 is 0. The van der Waals surface area contributed by atoms with Gasteiger partial charge in [-0.3, -0.25) is 4.79 Å². The normalized spacial score (nSPS) is 13.8. The van der Waals surface area contributed by atoms with Crippen LogP contribution in [0.2, 0.25) is 0 Å². The van der Waals surface area contributed by atoms with Crippen molar-refractivity contribution in [2.45, 2.75) is 38.8 Å². The predicted molar refractivity (Wildman–Crippen MR) is 71.0 cm³/mol. The van der Waals surface area contributed by atoms with E-state index in [0.29, 0.717) is 12.4 Å². The Labute approximate surface area is 117 Å². The van der Waals surface area contributed by atoms with E-state index in [4.69, 9.17) is 5.11 Å². The Bertz CT molecular complexity index is 502. The molecule has 1 fully saturated rings. The molecule has 7 heteroatoms. The summed E-state index contributed by atoms with van der Waals surface area (Å²) in [6.45, 7) is 2.35. The number of carbonyl (C=O) groups is 2. The SMILES string of the molecule is Cc1nccc(CNC(=O)N(CCC(=O)O)C2CC2)n1. The molecule has 0 aliphatic heterocycles. The molecule has 2 amide bonds. The first-order valence-electron chi connectivity index (χ1n) is 6.61. The smallest absolute Gasteiger partial charge is 0.317 e. The van der Waals surface area contributed by atoms with Crippen molar-refractivity contribution in [1.29, 1.82) is 0 Å². The first-order chi connectivity index (χ1) is 9.56. The second-order valence-electron chi connectivity index (χ2n) is 4.82. The van der Waals surface area contributed by atoms with E-state index < -0.39 is 5.97 Å². The lowest BCUT2D eigenvalue weighted by molar-refractivity contribution is -0.137. The predicted octanol–water partition coefficient (Wildman–Crippen LogP) is 0.934. The molecule has 0 atom stereocenters. The summed E-state index contributed by atoms with van der Waals surface area (Å²) in [6.07, 6.45) is 3.50. The third-order valence-corrected chi connectivity index (χ3v) is 3.07. The van der Waals surface area contributed by atoms with Gasteiger partial charge in [0.1, 0.15) is 5.82 Å². The molecule has 0 unspecified atom stereocenters. The topological polar surface area (TPSA) is 95.4 Å². The van der Waals surface area contributed by atoms with Crippen LogP contribution in [0.3, 0.4) is 0 Å². The van der Waals surface area contributed by atoms with Gasteiger partial charge in [0.05, 0.1) is 18.7 Å². The number of nitrogens with zero attached hydrogens (tertiary/aromatic N) is 3. The number of rotatable bonds is 6. The molecule has 2 N–H and O–H groups in total. The van der Waals surface area contributed by atoms with Crippen LogP contribution in [0.5, 0.6) is 0 Å². The molecule has 2 rings (SSSR count). The van der Waals surface area contributed by atoms with Gasteiger partial charge in [-0.05, 0) is 25.8 Å². The molecule has 1 aliphatic carbocycles. The van der Waals surface area contributed by atoms with Crippen molar-refractivity contribution in [3.05, 3.63) is 23.8 Å². The van der Waals surface area contributed by atoms with Gasteiger partial charge in [0.15, 0.2) is 0 Å². The van der Waals surface area contributed by atoms with Gasteiger partial charge in [0.2, 0.25) is 0 Å². The Kier molecular flexibility index (Phi) is 4.49. The van der Waals surface area contributed by atoms with Crippen LogP contribution in [0, 0.1) is 6.92 Å². The number of urea groups is 1. The Morgan fingerprint density at radius 1 is 1.50 bits per heavy atom. The van der Waals surface area contributed by atoms with Crippen LogP contribution in [0.4, 0.5) is 4.79 Å². The maximum absolute atomic E-state index is 12.1.